The van der Waals surface area contributed by atoms with Crippen molar-refractivity contribution in [1.82, 2.24) is 4.90 Å². The van der Waals surface area contributed by atoms with Gasteiger partial charge in [-0.05, 0) is 37.9 Å². The van der Waals surface area contributed by atoms with Gasteiger partial charge in [0.15, 0.2) is 0 Å². The number of carbonyl (C=O) groups is 1. The number of rotatable bonds is 6. The lowest BCUT2D eigenvalue weighted by molar-refractivity contribution is -0.116. The molecule has 0 aromatic heterocycles. The molecule has 1 saturated carbocycles. The second-order valence-corrected chi connectivity index (χ2v) is 5.80. The smallest absolute Gasteiger partial charge is 0.225 e. The minimum absolute atomic E-state index is 0.195. The van der Waals surface area contributed by atoms with Gasteiger partial charge in [-0.15, -0.1) is 0 Å². The van der Waals surface area contributed by atoms with Crippen LogP contribution in [0.4, 0.5) is 10.1 Å². The highest BCUT2D eigenvalue weighted by atomic mass is 19.1. The number of hydrogen-bond donors (Lipinski definition) is 2. The molecule has 0 bridgehead atoms. The third-order valence-corrected chi connectivity index (χ3v) is 4.03. The van der Waals surface area contributed by atoms with Gasteiger partial charge in [0.05, 0.1) is 11.8 Å². The molecule has 2 unspecified atom stereocenters. The summed E-state index contributed by atoms with van der Waals surface area (Å²) in [6.07, 6.45) is 3.11. The molecule has 4 nitrogen and oxygen atoms in total. The second kappa shape index (κ2) is 7.52. The highest BCUT2D eigenvalue weighted by Gasteiger charge is 2.26. The number of anilines is 1. The first-order valence-corrected chi connectivity index (χ1v) is 7.47. The summed E-state index contributed by atoms with van der Waals surface area (Å²) in [5.74, 6) is -0.308. The second-order valence-electron chi connectivity index (χ2n) is 5.80. The van der Waals surface area contributed by atoms with Gasteiger partial charge in [0.2, 0.25) is 5.91 Å². The number of hydrogen-bond acceptors (Lipinski definition) is 3. The Labute approximate surface area is 125 Å². The highest BCUT2D eigenvalue weighted by molar-refractivity contribution is 5.90. The molecule has 1 aromatic carbocycles. The Morgan fingerprint density at radius 2 is 2.19 bits per heavy atom. The van der Waals surface area contributed by atoms with E-state index in [4.69, 9.17) is 0 Å². The Kier molecular flexibility index (Phi) is 5.70. The van der Waals surface area contributed by atoms with Gasteiger partial charge in [0.25, 0.3) is 0 Å². The van der Waals surface area contributed by atoms with Crippen LogP contribution in [0.15, 0.2) is 24.3 Å². The lowest BCUT2D eigenvalue weighted by Gasteiger charge is -2.22. The van der Waals surface area contributed by atoms with E-state index in [2.05, 4.69) is 10.2 Å². The van der Waals surface area contributed by atoms with Gasteiger partial charge in [0.1, 0.15) is 5.82 Å². The van der Waals surface area contributed by atoms with Crippen molar-refractivity contribution in [2.45, 2.75) is 31.8 Å². The van der Waals surface area contributed by atoms with E-state index >= 15 is 0 Å². The molecular weight excluding hydrogens is 271 g/mol. The normalized spacial score (nSPS) is 21.7. The van der Waals surface area contributed by atoms with Crippen LogP contribution in [0.1, 0.15) is 25.7 Å². The van der Waals surface area contributed by atoms with Gasteiger partial charge < -0.3 is 15.3 Å². The summed E-state index contributed by atoms with van der Waals surface area (Å²) < 4.78 is 13.4. The summed E-state index contributed by atoms with van der Waals surface area (Å²) in [6, 6.07) is 6.15. The lowest BCUT2D eigenvalue weighted by atomic mass is 10.1. The molecule has 21 heavy (non-hydrogen) atoms. The standard InChI is InChI=1S/C16H23FN2O2/c1-19(11-12-5-4-8-15(12)20)10-9-16(21)18-14-7-3-2-6-13(14)17/h2-3,6-7,12,15,20H,4-5,8-11H2,1H3,(H,18,21). The van der Waals surface area contributed by atoms with Crippen molar-refractivity contribution in [3.05, 3.63) is 30.1 Å². The Morgan fingerprint density at radius 1 is 1.43 bits per heavy atom. The third kappa shape index (κ3) is 4.79. The molecule has 0 aliphatic heterocycles. The van der Waals surface area contributed by atoms with E-state index in [1.54, 1.807) is 18.2 Å². The molecule has 1 aromatic rings. The summed E-state index contributed by atoms with van der Waals surface area (Å²) in [5.41, 5.74) is 0.219. The summed E-state index contributed by atoms with van der Waals surface area (Å²) in [5, 5.41) is 12.4. The van der Waals surface area contributed by atoms with Crippen LogP contribution in [0.25, 0.3) is 0 Å². The molecule has 0 heterocycles. The topological polar surface area (TPSA) is 52.6 Å². The van der Waals surface area contributed by atoms with E-state index in [1.807, 2.05) is 7.05 Å². The fraction of sp³-hybridized carbons (Fsp3) is 0.562. The number of nitrogens with zero attached hydrogens (tertiary/aromatic N) is 1. The summed E-state index contributed by atoms with van der Waals surface area (Å²) in [4.78, 5) is 13.9. The van der Waals surface area contributed by atoms with Crippen LogP contribution < -0.4 is 5.32 Å². The number of benzene rings is 1. The van der Waals surface area contributed by atoms with E-state index in [-0.39, 0.29) is 17.7 Å². The van der Waals surface area contributed by atoms with Crippen LogP contribution in [-0.2, 0) is 4.79 Å². The predicted octanol–water partition coefficient (Wildman–Crippen LogP) is 2.25. The van der Waals surface area contributed by atoms with E-state index in [0.29, 0.717) is 18.9 Å². The minimum atomic E-state index is -0.423. The predicted molar refractivity (Wildman–Crippen MR) is 80.5 cm³/mol. The molecule has 1 fully saturated rings. The summed E-state index contributed by atoms with van der Waals surface area (Å²) in [6.45, 7) is 1.40. The third-order valence-electron chi connectivity index (χ3n) is 4.03. The number of carbonyl (C=O) groups excluding carboxylic acids is 1. The Balaban J connectivity index is 1.72. The highest BCUT2D eigenvalue weighted by Crippen LogP contribution is 2.25. The molecule has 5 heteroatoms. The molecule has 0 saturated heterocycles. The van der Waals surface area contributed by atoms with Crippen molar-refractivity contribution < 1.29 is 14.3 Å². The van der Waals surface area contributed by atoms with Crippen LogP contribution in [0.5, 0.6) is 0 Å². The monoisotopic (exact) mass is 294 g/mol. The van der Waals surface area contributed by atoms with Gasteiger partial charge in [-0.2, -0.15) is 0 Å². The van der Waals surface area contributed by atoms with Crippen LogP contribution in [0, 0.1) is 11.7 Å². The van der Waals surface area contributed by atoms with E-state index in [0.717, 1.165) is 25.8 Å². The number of aliphatic hydroxyl groups is 1. The summed E-state index contributed by atoms with van der Waals surface area (Å²) >= 11 is 0. The van der Waals surface area contributed by atoms with Crippen molar-refractivity contribution in [1.29, 1.82) is 0 Å². The van der Waals surface area contributed by atoms with Gasteiger partial charge in [-0.3, -0.25) is 4.79 Å². The van der Waals surface area contributed by atoms with Gasteiger partial charge >= 0.3 is 0 Å². The lowest BCUT2D eigenvalue weighted by Crippen LogP contribution is -2.32. The molecule has 116 valence electrons. The zero-order chi connectivity index (χ0) is 15.2. The minimum Gasteiger partial charge on any atom is -0.393 e. The molecule has 1 aliphatic rings. The Bertz CT molecular complexity index is 481. The SMILES string of the molecule is CN(CCC(=O)Nc1ccccc1F)CC1CCCC1O. The Hall–Kier alpha value is -1.46. The molecule has 2 rings (SSSR count). The van der Waals surface area contributed by atoms with Gasteiger partial charge in [0, 0.05) is 19.5 Å². The average molecular weight is 294 g/mol. The largest absolute Gasteiger partial charge is 0.393 e. The zero-order valence-electron chi connectivity index (χ0n) is 12.4. The maximum absolute atomic E-state index is 13.4. The molecule has 2 N–H and O–H groups in total. The van der Waals surface area contributed by atoms with Crippen LogP contribution in [0.3, 0.4) is 0 Å². The fourth-order valence-electron chi connectivity index (χ4n) is 2.79. The molecular formula is C16H23FN2O2. The number of para-hydroxylation sites is 1. The van der Waals surface area contributed by atoms with Crippen molar-refractivity contribution in [3.8, 4) is 0 Å². The van der Waals surface area contributed by atoms with Crippen molar-refractivity contribution in [2.24, 2.45) is 5.92 Å². The quantitative estimate of drug-likeness (QED) is 0.846. The number of halogens is 1. The van der Waals surface area contributed by atoms with Crippen LogP contribution >= 0.6 is 0 Å². The van der Waals surface area contributed by atoms with Gasteiger partial charge in [-0.25, -0.2) is 4.39 Å². The molecule has 1 amide bonds. The van der Waals surface area contributed by atoms with Crippen LogP contribution in [-0.4, -0.2) is 42.2 Å². The van der Waals surface area contributed by atoms with E-state index in [1.165, 1.54) is 6.07 Å². The zero-order valence-corrected chi connectivity index (χ0v) is 12.4. The molecule has 2 atom stereocenters. The summed E-state index contributed by atoms with van der Waals surface area (Å²) in [7, 11) is 1.95. The first kappa shape index (κ1) is 15.9. The van der Waals surface area contributed by atoms with Crippen molar-refractivity contribution >= 4 is 11.6 Å². The maximum Gasteiger partial charge on any atom is 0.225 e. The van der Waals surface area contributed by atoms with Gasteiger partial charge in [-0.1, -0.05) is 18.6 Å². The van der Waals surface area contributed by atoms with Crippen LogP contribution in [0.2, 0.25) is 0 Å². The first-order valence-electron chi connectivity index (χ1n) is 7.47. The van der Waals surface area contributed by atoms with Crippen molar-refractivity contribution in [3.63, 3.8) is 0 Å². The number of aliphatic hydroxyl groups excluding tert-OH is 1. The Morgan fingerprint density at radius 3 is 2.86 bits per heavy atom. The molecule has 0 radical (unpaired) electrons. The number of nitrogens with one attached hydrogen (secondary N) is 1. The van der Waals surface area contributed by atoms with Crippen molar-refractivity contribution in [2.75, 3.05) is 25.5 Å². The average Bonchev–Trinajstić information content (AvgIpc) is 2.85. The van der Waals surface area contributed by atoms with E-state index in [9.17, 15) is 14.3 Å². The first-order chi connectivity index (χ1) is 10.1. The maximum atomic E-state index is 13.4. The molecule has 1 aliphatic carbocycles. The number of amides is 1. The fourth-order valence-corrected chi connectivity index (χ4v) is 2.79. The molecule has 0 spiro atoms. The van der Waals surface area contributed by atoms with E-state index < -0.39 is 5.82 Å².